The molecule has 1 heterocycles. The molecular formula is C15H17N5O. The summed E-state index contributed by atoms with van der Waals surface area (Å²) in [6, 6.07) is 9.91. The first-order valence-corrected chi connectivity index (χ1v) is 6.47. The number of rotatable bonds is 5. The van der Waals surface area contributed by atoms with Crippen molar-refractivity contribution < 1.29 is 4.74 Å². The van der Waals surface area contributed by atoms with Gasteiger partial charge in [-0.25, -0.2) is 9.97 Å². The summed E-state index contributed by atoms with van der Waals surface area (Å²) in [5.41, 5.74) is 3.31. The van der Waals surface area contributed by atoms with Gasteiger partial charge in [-0.05, 0) is 37.6 Å². The van der Waals surface area contributed by atoms with Crippen LogP contribution in [0.15, 0.2) is 46.6 Å². The number of hydrogen-bond donors (Lipinski definition) is 1. The molecule has 0 fully saturated rings. The van der Waals surface area contributed by atoms with Gasteiger partial charge in [0.2, 0.25) is 0 Å². The quantitative estimate of drug-likeness (QED) is 0.517. The molecule has 1 aromatic heterocycles. The zero-order valence-corrected chi connectivity index (χ0v) is 12.0. The van der Waals surface area contributed by atoms with Gasteiger partial charge in [-0.2, -0.15) is 5.10 Å². The minimum Gasteiger partial charge on any atom is -0.457 e. The number of ether oxygens (including phenoxy) is 1. The van der Waals surface area contributed by atoms with Crippen molar-refractivity contribution >= 4 is 17.6 Å². The molecular weight excluding hydrogens is 266 g/mol. The summed E-state index contributed by atoms with van der Waals surface area (Å²) < 4.78 is 5.43. The molecule has 0 aliphatic heterocycles. The molecule has 0 bridgehead atoms. The lowest BCUT2D eigenvalue weighted by atomic mass is 10.2. The van der Waals surface area contributed by atoms with Crippen LogP contribution in [-0.4, -0.2) is 28.5 Å². The Labute approximate surface area is 123 Å². The molecule has 0 atom stereocenters. The Morgan fingerprint density at radius 3 is 2.90 bits per heavy atom. The summed E-state index contributed by atoms with van der Waals surface area (Å²) in [5, 5.41) is 3.65. The third-order valence-corrected chi connectivity index (χ3v) is 2.65. The standard InChI is InChI=1S/C15H17N5O/c1-11-4-3-5-13(8-11)18-9-14(20-16)10-21-15-17-7-6-12(2)19-15/h3-9H,10,16H2,1-2H3. The lowest BCUT2D eigenvalue weighted by Crippen LogP contribution is -2.16. The van der Waals surface area contributed by atoms with Gasteiger partial charge in [0, 0.05) is 11.9 Å². The first-order valence-electron chi connectivity index (χ1n) is 6.47. The van der Waals surface area contributed by atoms with Crippen molar-refractivity contribution in [1.29, 1.82) is 0 Å². The number of nitrogens with zero attached hydrogens (tertiary/aromatic N) is 4. The topological polar surface area (TPSA) is 85.8 Å². The molecule has 0 aliphatic rings. The predicted molar refractivity (Wildman–Crippen MR) is 83.2 cm³/mol. The maximum atomic E-state index is 5.43. The lowest BCUT2D eigenvalue weighted by Gasteiger charge is -2.03. The van der Waals surface area contributed by atoms with E-state index in [-0.39, 0.29) is 6.61 Å². The van der Waals surface area contributed by atoms with Crippen molar-refractivity contribution in [3.05, 3.63) is 47.8 Å². The van der Waals surface area contributed by atoms with E-state index in [0.717, 1.165) is 16.9 Å². The van der Waals surface area contributed by atoms with Gasteiger partial charge in [-0.3, -0.25) is 4.99 Å². The maximum Gasteiger partial charge on any atom is 0.316 e. The normalized spacial score (nSPS) is 11.8. The van der Waals surface area contributed by atoms with Crippen LogP contribution in [0.3, 0.4) is 0 Å². The highest BCUT2D eigenvalue weighted by Gasteiger charge is 2.01. The molecule has 0 saturated carbocycles. The van der Waals surface area contributed by atoms with Gasteiger partial charge < -0.3 is 10.6 Å². The molecule has 108 valence electrons. The molecule has 0 amide bonds. The Balaban J connectivity index is 1.98. The number of hydrogen-bond acceptors (Lipinski definition) is 6. The minimum absolute atomic E-state index is 0.162. The zero-order valence-electron chi connectivity index (χ0n) is 12.0. The number of nitrogens with two attached hydrogens (primary N) is 1. The molecule has 0 saturated heterocycles. The van der Waals surface area contributed by atoms with Crippen LogP contribution in [0.1, 0.15) is 11.3 Å². The van der Waals surface area contributed by atoms with Crippen LogP contribution in [0.2, 0.25) is 0 Å². The highest BCUT2D eigenvalue weighted by molar-refractivity contribution is 6.31. The summed E-state index contributed by atoms with van der Waals surface area (Å²) >= 11 is 0. The van der Waals surface area contributed by atoms with E-state index in [1.807, 2.05) is 38.1 Å². The van der Waals surface area contributed by atoms with E-state index in [4.69, 9.17) is 10.6 Å². The predicted octanol–water partition coefficient (Wildman–Crippen LogP) is 2.19. The van der Waals surface area contributed by atoms with E-state index in [0.29, 0.717) is 11.7 Å². The van der Waals surface area contributed by atoms with Crippen LogP contribution in [0, 0.1) is 13.8 Å². The lowest BCUT2D eigenvalue weighted by molar-refractivity contribution is 0.345. The van der Waals surface area contributed by atoms with Crippen molar-refractivity contribution in [3.63, 3.8) is 0 Å². The van der Waals surface area contributed by atoms with Crippen LogP contribution in [0.5, 0.6) is 6.01 Å². The second-order valence-corrected chi connectivity index (χ2v) is 4.49. The van der Waals surface area contributed by atoms with Gasteiger partial charge in [-0.15, -0.1) is 0 Å². The van der Waals surface area contributed by atoms with E-state index in [1.54, 1.807) is 18.5 Å². The highest BCUT2D eigenvalue weighted by Crippen LogP contribution is 2.12. The fraction of sp³-hybridized carbons (Fsp3) is 0.200. The van der Waals surface area contributed by atoms with Crippen molar-refractivity contribution in [2.24, 2.45) is 15.9 Å². The number of hydrazone groups is 1. The molecule has 1 aromatic carbocycles. The van der Waals surface area contributed by atoms with Gasteiger partial charge in [-0.1, -0.05) is 12.1 Å². The Morgan fingerprint density at radius 1 is 1.33 bits per heavy atom. The Bertz CT molecular complexity index is 667. The van der Waals surface area contributed by atoms with E-state index in [2.05, 4.69) is 20.1 Å². The summed E-state index contributed by atoms with van der Waals surface area (Å²) in [6.07, 6.45) is 3.21. The van der Waals surface area contributed by atoms with Crippen LogP contribution in [-0.2, 0) is 0 Å². The molecule has 0 radical (unpaired) electrons. The number of benzene rings is 1. The van der Waals surface area contributed by atoms with Gasteiger partial charge in [0.05, 0.1) is 11.9 Å². The van der Waals surface area contributed by atoms with Crippen molar-refractivity contribution in [2.75, 3.05) is 6.61 Å². The Morgan fingerprint density at radius 2 is 2.19 bits per heavy atom. The second kappa shape index (κ2) is 7.14. The van der Waals surface area contributed by atoms with Gasteiger partial charge in [0.25, 0.3) is 0 Å². The summed E-state index contributed by atoms with van der Waals surface area (Å²) in [7, 11) is 0. The number of aliphatic imine (C=N–C) groups is 1. The van der Waals surface area contributed by atoms with E-state index in [9.17, 15) is 0 Å². The maximum absolute atomic E-state index is 5.43. The molecule has 2 aromatic rings. The number of aryl methyl sites for hydroxylation is 2. The van der Waals surface area contributed by atoms with Gasteiger partial charge >= 0.3 is 6.01 Å². The molecule has 0 spiro atoms. The summed E-state index contributed by atoms with van der Waals surface area (Å²) in [5.74, 6) is 5.34. The largest absolute Gasteiger partial charge is 0.457 e. The molecule has 6 heteroatoms. The molecule has 0 aliphatic carbocycles. The van der Waals surface area contributed by atoms with Crippen LogP contribution in [0.25, 0.3) is 0 Å². The first kappa shape index (κ1) is 14.6. The average molecular weight is 283 g/mol. The summed E-state index contributed by atoms with van der Waals surface area (Å²) in [6.45, 7) is 4.04. The van der Waals surface area contributed by atoms with Crippen molar-refractivity contribution in [3.8, 4) is 6.01 Å². The van der Waals surface area contributed by atoms with Crippen LogP contribution >= 0.6 is 0 Å². The third-order valence-electron chi connectivity index (χ3n) is 2.65. The van der Waals surface area contributed by atoms with Crippen LogP contribution < -0.4 is 10.6 Å². The van der Waals surface area contributed by atoms with E-state index in [1.165, 1.54) is 0 Å². The average Bonchev–Trinajstić information content (AvgIpc) is 2.47. The van der Waals surface area contributed by atoms with E-state index >= 15 is 0 Å². The van der Waals surface area contributed by atoms with Crippen molar-refractivity contribution in [2.45, 2.75) is 13.8 Å². The molecule has 2 N–H and O–H groups in total. The third kappa shape index (κ3) is 4.68. The molecule has 21 heavy (non-hydrogen) atoms. The van der Waals surface area contributed by atoms with Gasteiger partial charge in [0.15, 0.2) is 0 Å². The molecule has 6 nitrogen and oxygen atoms in total. The highest BCUT2D eigenvalue weighted by atomic mass is 16.5. The molecule has 0 unspecified atom stereocenters. The monoisotopic (exact) mass is 283 g/mol. The Kier molecular flexibility index (Phi) is 4.98. The Hall–Kier alpha value is -2.76. The number of aromatic nitrogens is 2. The van der Waals surface area contributed by atoms with Gasteiger partial charge in [0.1, 0.15) is 12.3 Å². The SMILES string of the molecule is Cc1cccc(N=CC(COc2nccc(C)n2)=NN)c1. The van der Waals surface area contributed by atoms with E-state index < -0.39 is 0 Å². The molecule has 2 rings (SSSR count). The fourth-order valence-corrected chi connectivity index (χ4v) is 1.60. The van der Waals surface area contributed by atoms with Crippen LogP contribution in [0.4, 0.5) is 5.69 Å². The first-order chi connectivity index (χ1) is 10.2. The zero-order chi connectivity index (χ0) is 15.1. The van der Waals surface area contributed by atoms with Crippen molar-refractivity contribution in [1.82, 2.24) is 9.97 Å². The fourth-order valence-electron chi connectivity index (χ4n) is 1.60. The second-order valence-electron chi connectivity index (χ2n) is 4.49. The smallest absolute Gasteiger partial charge is 0.316 e. The minimum atomic E-state index is 0.162. The summed E-state index contributed by atoms with van der Waals surface area (Å²) in [4.78, 5) is 12.4.